The van der Waals surface area contributed by atoms with E-state index in [4.69, 9.17) is 0 Å². The van der Waals surface area contributed by atoms with Gasteiger partial charge in [-0.3, -0.25) is 9.59 Å². The quantitative estimate of drug-likeness (QED) is 0.217. The van der Waals surface area contributed by atoms with E-state index >= 15 is 0 Å². The second-order valence-electron chi connectivity index (χ2n) is 9.33. The Morgan fingerprint density at radius 3 is 1.87 bits per heavy atom. The number of hydrogen-bond donors (Lipinski definition) is 1. The van der Waals surface area contributed by atoms with Crippen LogP contribution in [0.15, 0.2) is 120 Å². The Labute approximate surface area is 233 Å². The molecule has 4 rings (SSSR count). The normalized spacial score (nSPS) is 11.7. The molecular weight excluding hydrogens is 536 g/mol. The number of likely N-dealkylation sites (N-methyl/N-ethyl adjacent to an activating group) is 1. The van der Waals surface area contributed by atoms with Crippen LogP contribution in [0.2, 0.25) is 0 Å². The molecule has 0 radical (unpaired) electrons. The molecule has 0 aromatic heterocycles. The van der Waals surface area contributed by atoms with Gasteiger partial charge in [-0.05, 0) is 41.3 Å². The summed E-state index contributed by atoms with van der Waals surface area (Å²) in [5.74, 6) is -0.327. The standard InChI is InChI=1S/C33H33BrN2O2/c1-2-35-33(38)31(22-25-13-6-3-7-14-25)36(24-26-15-12-20-29(34)21-26)32(37)23-30(27-16-8-4-9-17-27)28-18-10-5-11-19-28/h3-21,30-31H,2,22-24H2,1H3,(H,35,38). The maximum atomic E-state index is 14.3. The van der Waals surface area contributed by atoms with E-state index in [0.29, 0.717) is 19.5 Å². The number of carbonyl (C=O) groups excluding carboxylic acids is 2. The van der Waals surface area contributed by atoms with Crippen LogP contribution in [0.5, 0.6) is 0 Å². The largest absolute Gasteiger partial charge is 0.355 e. The molecule has 1 N–H and O–H groups in total. The van der Waals surface area contributed by atoms with Gasteiger partial charge in [-0.2, -0.15) is 0 Å². The van der Waals surface area contributed by atoms with Gasteiger partial charge >= 0.3 is 0 Å². The van der Waals surface area contributed by atoms with E-state index < -0.39 is 6.04 Å². The van der Waals surface area contributed by atoms with Gasteiger partial charge < -0.3 is 10.2 Å². The molecule has 0 saturated heterocycles. The first-order valence-corrected chi connectivity index (χ1v) is 13.8. The minimum atomic E-state index is -0.643. The number of nitrogens with zero attached hydrogens (tertiary/aromatic N) is 1. The molecule has 1 atom stereocenters. The van der Waals surface area contributed by atoms with Crippen LogP contribution in [0, 0.1) is 0 Å². The van der Waals surface area contributed by atoms with Gasteiger partial charge in [-0.1, -0.05) is 119 Å². The number of rotatable bonds is 11. The van der Waals surface area contributed by atoms with Gasteiger partial charge in [0.1, 0.15) is 6.04 Å². The summed E-state index contributed by atoms with van der Waals surface area (Å²) in [5.41, 5.74) is 4.13. The van der Waals surface area contributed by atoms with Crippen molar-refractivity contribution in [2.45, 2.75) is 38.3 Å². The third kappa shape index (κ3) is 7.42. The smallest absolute Gasteiger partial charge is 0.243 e. The number of benzene rings is 4. The van der Waals surface area contributed by atoms with Crippen LogP contribution in [0.4, 0.5) is 0 Å². The van der Waals surface area contributed by atoms with Crippen LogP contribution in [0.25, 0.3) is 0 Å². The average Bonchev–Trinajstić information content (AvgIpc) is 2.95. The summed E-state index contributed by atoms with van der Waals surface area (Å²) in [6.07, 6.45) is 0.695. The number of amides is 2. The molecule has 5 heteroatoms. The first-order valence-electron chi connectivity index (χ1n) is 13.0. The predicted molar refractivity (Wildman–Crippen MR) is 157 cm³/mol. The van der Waals surface area contributed by atoms with Crippen LogP contribution in [-0.2, 0) is 22.6 Å². The van der Waals surface area contributed by atoms with Gasteiger partial charge in [0.2, 0.25) is 11.8 Å². The predicted octanol–water partition coefficient (Wildman–Crippen LogP) is 6.75. The number of hydrogen-bond acceptors (Lipinski definition) is 2. The van der Waals surface area contributed by atoms with Gasteiger partial charge in [-0.25, -0.2) is 0 Å². The zero-order valence-corrected chi connectivity index (χ0v) is 23.2. The van der Waals surface area contributed by atoms with Crippen molar-refractivity contribution in [1.82, 2.24) is 10.2 Å². The molecule has 0 bridgehead atoms. The third-order valence-electron chi connectivity index (χ3n) is 6.65. The molecule has 0 aliphatic rings. The molecule has 194 valence electrons. The molecule has 1 unspecified atom stereocenters. The Morgan fingerprint density at radius 1 is 0.763 bits per heavy atom. The summed E-state index contributed by atoms with van der Waals surface area (Å²) in [7, 11) is 0. The molecule has 38 heavy (non-hydrogen) atoms. The van der Waals surface area contributed by atoms with E-state index in [1.165, 1.54) is 0 Å². The zero-order chi connectivity index (χ0) is 26.7. The second kappa shape index (κ2) is 13.7. The molecular formula is C33H33BrN2O2. The Bertz CT molecular complexity index is 1270. The summed E-state index contributed by atoms with van der Waals surface area (Å²) in [6.45, 7) is 2.74. The fourth-order valence-electron chi connectivity index (χ4n) is 4.77. The molecule has 0 saturated carbocycles. The highest BCUT2D eigenvalue weighted by molar-refractivity contribution is 9.10. The highest BCUT2D eigenvalue weighted by Gasteiger charge is 2.32. The lowest BCUT2D eigenvalue weighted by Crippen LogP contribution is -2.50. The zero-order valence-electron chi connectivity index (χ0n) is 21.6. The average molecular weight is 570 g/mol. The van der Waals surface area contributed by atoms with Gasteiger partial charge in [0, 0.05) is 36.3 Å². The van der Waals surface area contributed by atoms with E-state index in [1.54, 1.807) is 4.90 Å². The lowest BCUT2D eigenvalue weighted by molar-refractivity contribution is -0.141. The van der Waals surface area contributed by atoms with E-state index in [-0.39, 0.29) is 24.2 Å². The number of nitrogens with one attached hydrogen (secondary N) is 1. The summed E-state index contributed by atoms with van der Waals surface area (Å²) < 4.78 is 0.937. The summed E-state index contributed by atoms with van der Waals surface area (Å²) >= 11 is 3.55. The highest BCUT2D eigenvalue weighted by Crippen LogP contribution is 2.30. The minimum absolute atomic E-state index is 0.0603. The Kier molecular flexibility index (Phi) is 9.88. The molecule has 4 aromatic carbocycles. The highest BCUT2D eigenvalue weighted by atomic mass is 79.9. The first-order chi connectivity index (χ1) is 18.5. The Morgan fingerprint density at radius 2 is 1.32 bits per heavy atom. The molecule has 0 aliphatic heterocycles. The molecule has 4 nitrogen and oxygen atoms in total. The minimum Gasteiger partial charge on any atom is -0.355 e. The second-order valence-corrected chi connectivity index (χ2v) is 10.2. The van der Waals surface area contributed by atoms with Crippen LogP contribution in [-0.4, -0.2) is 29.3 Å². The molecule has 4 aromatic rings. The topological polar surface area (TPSA) is 49.4 Å². The van der Waals surface area contributed by atoms with Crippen molar-refractivity contribution < 1.29 is 9.59 Å². The summed E-state index contributed by atoms with van der Waals surface area (Å²) in [6, 6.07) is 37.4. The van der Waals surface area contributed by atoms with Crippen molar-refractivity contribution in [3.05, 3.63) is 142 Å². The number of halogens is 1. The fourth-order valence-corrected chi connectivity index (χ4v) is 5.22. The maximum Gasteiger partial charge on any atom is 0.243 e. The summed E-state index contributed by atoms with van der Waals surface area (Å²) in [4.78, 5) is 29.5. The van der Waals surface area contributed by atoms with Crippen LogP contribution in [0.3, 0.4) is 0 Å². The van der Waals surface area contributed by atoms with Crippen molar-refractivity contribution in [2.75, 3.05) is 6.54 Å². The third-order valence-corrected chi connectivity index (χ3v) is 7.14. The van der Waals surface area contributed by atoms with Crippen molar-refractivity contribution >= 4 is 27.7 Å². The van der Waals surface area contributed by atoms with Crippen molar-refractivity contribution in [1.29, 1.82) is 0 Å². The number of carbonyl (C=O) groups is 2. The van der Waals surface area contributed by atoms with Crippen LogP contribution in [0.1, 0.15) is 41.5 Å². The maximum absolute atomic E-state index is 14.3. The van der Waals surface area contributed by atoms with E-state index in [9.17, 15) is 9.59 Å². The van der Waals surface area contributed by atoms with Gasteiger partial charge in [0.25, 0.3) is 0 Å². The SMILES string of the molecule is CCNC(=O)C(Cc1ccccc1)N(Cc1cccc(Br)c1)C(=O)CC(c1ccccc1)c1ccccc1. The fraction of sp³-hybridized carbons (Fsp3) is 0.212. The van der Waals surface area contributed by atoms with E-state index in [2.05, 4.69) is 45.5 Å². The summed E-state index contributed by atoms with van der Waals surface area (Å²) in [5, 5.41) is 2.97. The molecule has 0 heterocycles. The first kappa shape index (κ1) is 27.3. The van der Waals surface area contributed by atoms with Crippen molar-refractivity contribution in [3.63, 3.8) is 0 Å². The Hall–Kier alpha value is -3.70. The van der Waals surface area contributed by atoms with E-state index in [1.807, 2.05) is 97.9 Å². The van der Waals surface area contributed by atoms with Gasteiger partial charge in [0.15, 0.2) is 0 Å². The Balaban J connectivity index is 1.72. The van der Waals surface area contributed by atoms with Crippen molar-refractivity contribution in [2.24, 2.45) is 0 Å². The van der Waals surface area contributed by atoms with Crippen LogP contribution >= 0.6 is 15.9 Å². The van der Waals surface area contributed by atoms with Crippen LogP contribution < -0.4 is 5.32 Å². The molecule has 0 spiro atoms. The van der Waals surface area contributed by atoms with Gasteiger partial charge in [-0.15, -0.1) is 0 Å². The molecule has 0 aliphatic carbocycles. The lowest BCUT2D eigenvalue weighted by Gasteiger charge is -2.33. The molecule has 0 fully saturated rings. The molecule has 2 amide bonds. The van der Waals surface area contributed by atoms with Gasteiger partial charge in [0.05, 0.1) is 0 Å². The lowest BCUT2D eigenvalue weighted by atomic mass is 9.87. The van der Waals surface area contributed by atoms with E-state index in [0.717, 1.165) is 26.7 Å². The van der Waals surface area contributed by atoms with Crippen molar-refractivity contribution in [3.8, 4) is 0 Å². The monoisotopic (exact) mass is 568 g/mol.